The number of ether oxygens (including phenoxy) is 2. The molecule has 0 fully saturated rings. The van der Waals surface area contributed by atoms with Crippen LogP contribution in [0.2, 0.25) is 0 Å². The Kier molecular flexibility index (Phi) is 4.88. The first-order valence-corrected chi connectivity index (χ1v) is 9.30. The van der Waals surface area contributed by atoms with Crippen molar-refractivity contribution in [3.63, 3.8) is 0 Å². The number of hydrogen-bond acceptors (Lipinski definition) is 7. The topological polar surface area (TPSA) is 73.6 Å². The monoisotopic (exact) mass is 381 g/mol. The van der Waals surface area contributed by atoms with Crippen molar-refractivity contribution in [3.05, 3.63) is 54.5 Å². The number of hydrogen-bond donors (Lipinski definition) is 1. The number of benzene rings is 1. The lowest BCUT2D eigenvalue weighted by atomic mass is 10.1. The molecule has 4 rings (SSSR count). The van der Waals surface area contributed by atoms with Crippen molar-refractivity contribution in [3.8, 4) is 22.8 Å². The van der Waals surface area contributed by atoms with Gasteiger partial charge in [-0.25, -0.2) is 9.50 Å². The Morgan fingerprint density at radius 1 is 1.07 bits per heavy atom. The van der Waals surface area contributed by atoms with E-state index in [1.165, 1.54) is 16.9 Å². The molecule has 0 aliphatic heterocycles. The molecule has 1 aromatic carbocycles. The second kappa shape index (κ2) is 7.63. The molecule has 0 bridgehead atoms. The number of aromatic nitrogens is 4. The highest BCUT2D eigenvalue weighted by Gasteiger charge is 2.12. The van der Waals surface area contributed by atoms with Crippen LogP contribution in [0, 0.1) is 0 Å². The average Bonchev–Trinajstić information content (AvgIpc) is 3.27. The lowest BCUT2D eigenvalue weighted by Crippen LogP contribution is -2.04. The molecule has 0 aliphatic rings. The predicted molar refractivity (Wildman–Crippen MR) is 106 cm³/mol. The van der Waals surface area contributed by atoms with Gasteiger partial charge in [0.05, 0.1) is 26.1 Å². The van der Waals surface area contributed by atoms with Gasteiger partial charge < -0.3 is 14.8 Å². The van der Waals surface area contributed by atoms with Crippen molar-refractivity contribution in [2.24, 2.45) is 0 Å². The zero-order chi connectivity index (χ0) is 18.6. The maximum atomic E-state index is 5.37. The maximum absolute atomic E-state index is 5.37. The van der Waals surface area contributed by atoms with Gasteiger partial charge in [0.15, 0.2) is 11.5 Å². The van der Waals surface area contributed by atoms with Crippen molar-refractivity contribution in [1.29, 1.82) is 0 Å². The molecule has 138 valence electrons. The molecule has 0 atom stereocenters. The number of nitrogens with one attached hydrogen (secondary N) is 1. The highest BCUT2D eigenvalue weighted by atomic mass is 32.1. The van der Waals surface area contributed by atoms with Crippen molar-refractivity contribution < 1.29 is 9.47 Å². The van der Waals surface area contributed by atoms with Gasteiger partial charge in [-0.3, -0.25) is 4.98 Å². The molecule has 0 spiro atoms. The molecule has 3 aromatic heterocycles. The van der Waals surface area contributed by atoms with E-state index in [0.717, 1.165) is 34.3 Å². The molecule has 8 heteroatoms. The lowest BCUT2D eigenvalue weighted by molar-refractivity contribution is 0.355. The molecule has 4 aromatic rings. The summed E-state index contributed by atoms with van der Waals surface area (Å²) in [4.78, 5) is 9.54. The van der Waals surface area contributed by atoms with Gasteiger partial charge in [-0.1, -0.05) is 11.3 Å². The zero-order valence-corrected chi connectivity index (χ0v) is 15.9. The highest BCUT2D eigenvalue weighted by Crippen LogP contribution is 2.32. The fourth-order valence-corrected chi connectivity index (χ4v) is 3.58. The van der Waals surface area contributed by atoms with E-state index in [2.05, 4.69) is 20.4 Å². The molecule has 0 saturated heterocycles. The molecular formula is C19H19N5O2S. The minimum Gasteiger partial charge on any atom is -0.493 e. The van der Waals surface area contributed by atoms with Crippen molar-refractivity contribution in [2.45, 2.75) is 6.42 Å². The maximum Gasteiger partial charge on any atom is 0.214 e. The second-order valence-corrected chi connectivity index (χ2v) is 6.82. The Morgan fingerprint density at radius 3 is 2.63 bits per heavy atom. The van der Waals surface area contributed by atoms with Gasteiger partial charge in [0.1, 0.15) is 0 Å². The van der Waals surface area contributed by atoms with Crippen LogP contribution in [0.15, 0.2) is 48.9 Å². The molecule has 1 N–H and O–H groups in total. The number of anilines is 1. The summed E-state index contributed by atoms with van der Waals surface area (Å²) in [5, 5.41) is 8.76. The Bertz CT molecular complexity index is 1010. The molecule has 0 amide bonds. The highest BCUT2D eigenvalue weighted by molar-refractivity contribution is 7.20. The van der Waals surface area contributed by atoms with Crippen LogP contribution < -0.4 is 14.8 Å². The number of pyridine rings is 1. The quantitative estimate of drug-likeness (QED) is 0.528. The number of fused-ring (bicyclic) bond motifs is 1. The lowest BCUT2D eigenvalue weighted by Gasteiger charge is -2.08. The third-order valence-corrected chi connectivity index (χ3v) is 5.04. The Labute approximate surface area is 160 Å². The van der Waals surface area contributed by atoms with Gasteiger partial charge >= 0.3 is 0 Å². The van der Waals surface area contributed by atoms with Gasteiger partial charge in [-0.2, -0.15) is 0 Å². The first kappa shape index (κ1) is 17.3. The van der Waals surface area contributed by atoms with Gasteiger partial charge in [0.2, 0.25) is 10.1 Å². The van der Waals surface area contributed by atoms with Crippen molar-refractivity contribution in [1.82, 2.24) is 19.6 Å². The number of methoxy groups -OCH3 is 2. The Hall–Kier alpha value is -3.13. The third-order valence-electron chi connectivity index (χ3n) is 4.16. The van der Waals surface area contributed by atoms with Crippen LogP contribution in [-0.2, 0) is 6.42 Å². The first-order chi connectivity index (χ1) is 13.3. The van der Waals surface area contributed by atoms with Crippen LogP contribution >= 0.6 is 11.3 Å². The molecule has 0 saturated carbocycles. The normalized spacial score (nSPS) is 10.9. The third kappa shape index (κ3) is 3.70. The van der Waals surface area contributed by atoms with E-state index in [4.69, 9.17) is 9.47 Å². The van der Waals surface area contributed by atoms with E-state index < -0.39 is 0 Å². The minimum absolute atomic E-state index is 0.679. The summed E-state index contributed by atoms with van der Waals surface area (Å²) in [5.41, 5.74) is 3.05. The molecule has 27 heavy (non-hydrogen) atoms. The number of rotatable bonds is 7. The summed E-state index contributed by atoms with van der Waals surface area (Å²) in [6, 6.07) is 9.79. The van der Waals surface area contributed by atoms with Crippen LogP contribution in [-0.4, -0.2) is 40.3 Å². The van der Waals surface area contributed by atoms with Gasteiger partial charge in [0.25, 0.3) is 0 Å². The summed E-state index contributed by atoms with van der Waals surface area (Å²) < 4.78 is 12.4. The second-order valence-electron chi connectivity index (χ2n) is 5.86. The number of imidazole rings is 1. The standard InChI is InChI=1S/C19H19N5O2S/c1-25-16-4-3-14(11-17(16)26-2)15-12-24-19(22-15)27-18(23-24)21-10-7-13-5-8-20-9-6-13/h3-6,8-9,11-12H,7,10H2,1-2H3,(H,21,23). The fraction of sp³-hybridized carbons (Fsp3) is 0.211. The van der Waals surface area contributed by atoms with Crippen LogP contribution in [0.25, 0.3) is 16.2 Å². The molecule has 0 radical (unpaired) electrons. The number of nitrogens with zero attached hydrogens (tertiary/aromatic N) is 4. The SMILES string of the molecule is COc1ccc(-c2cn3nc(NCCc4ccncc4)sc3n2)cc1OC. The van der Waals surface area contributed by atoms with Gasteiger partial charge in [-0.05, 0) is 42.3 Å². The van der Waals surface area contributed by atoms with Crippen LogP contribution in [0.1, 0.15) is 5.56 Å². The van der Waals surface area contributed by atoms with Crippen LogP contribution in [0.5, 0.6) is 11.5 Å². The minimum atomic E-state index is 0.679. The Balaban J connectivity index is 1.47. The van der Waals surface area contributed by atoms with E-state index >= 15 is 0 Å². The zero-order valence-electron chi connectivity index (χ0n) is 15.0. The summed E-state index contributed by atoms with van der Waals surface area (Å²) in [5.74, 6) is 1.37. The predicted octanol–water partition coefficient (Wildman–Crippen LogP) is 3.52. The summed E-state index contributed by atoms with van der Waals surface area (Å²) in [7, 11) is 3.25. The summed E-state index contributed by atoms with van der Waals surface area (Å²) in [6.45, 7) is 0.809. The van der Waals surface area contributed by atoms with Crippen molar-refractivity contribution >= 4 is 21.4 Å². The van der Waals surface area contributed by atoms with E-state index in [9.17, 15) is 0 Å². The van der Waals surface area contributed by atoms with Gasteiger partial charge in [-0.15, -0.1) is 5.10 Å². The van der Waals surface area contributed by atoms with E-state index in [1.807, 2.05) is 48.9 Å². The fourth-order valence-electron chi connectivity index (χ4n) is 2.77. The average molecular weight is 381 g/mol. The van der Waals surface area contributed by atoms with Crippen LogP contribution in [0.3, 0.4) is 0 Å². The van der Waals surface area contributed by atoms with Crippen molar-refractivity contribution in [2.75, 3.05) is 26.1 Å². The largest absolute Gasteiger partial charge is 0.493 e. The smallest absolute Gasteiger partial charge is 0.214 e. The summed E-state index contributed by atoms with van der Waals surface area (Å²) in [6.07, 6.45) is 6.45. The Morgan fingerprint density at radius 2 is 1.89 bits per heavy atom. The van der Waals surface area contributed by atoms with E-state index in [0.29, 0.717) is 11.5 Å². The molecular weight excluding hydrogens is 362 g/mol. The first-order valence-electron chi connectivity index (χ1n) is 8.48. The van der Waals surface area contributed by atoms with E-state index in [-0.39, 0.29) is 0 Å². The van der Waals surface area contributed by atoms with E-state index in [1.54, 1.807) is 18.7 Å². The molecule has 7 nitrogen and oxygen atoms in total. The molecule has 0 unspecified atom stereocenters. The van der Waals surface area contributed by atoms with Crippen LogP contribution in [0.4, 0.5) is 5.13 Å². The van der Waals surface area contributed by atoms with Gasteiger partial charge in [0, 0.05) is 24.5 Å². The summed E-state index contributed by atoms with van der Waals surface area (Å²) >= 11 is 1.53. The molecule has 3 heterocycles. The molecule has 0 aliphatic carbocycles.